The van der Waals surface area contributed by atoms with Crippen LogP contribution in [0.15, 0.2) is 42.7 Å². The Hall–Kier alpha value is -1.67. The summed E-state index contributed by atoms with van der Waals surface area (Å²) >= 11 is 0. The Morgan fingerprint density at radius 3 is 3.12 bits per heavy atom. The molecule has 1 aromatic heterocycles. The molecule has 0 aliphatic carbocycles. The Morgan fingerprint density at radius 1 is 1.31 bits per heavy atom. The molecule has 1 N–H and O–H groups in total. The first-order valence-corrected chi connectivity index (χ1v) is 5.55. The summed E-state index contributed by atoms with van der Waals surface area (Å²) in [5, 5.41) is 5.58. The van der Waals surface area contributed by atoms with E-state index in [4.69, 9.17) is 0 Å². The Kier molecular flexibility index (Phi) is 3.67. The summed E-state index contributed by atoms with van der Waals surface area (Å²) < 4.78 is 0. The molecule has 0 radical (unpaired) electrons. The van der Waals surface area contributed by atoms with E-state index in [1.54, 1.807) is 0 Å². The number of rotatable bonds is 4. The lowest BCUT2D eigenvalue weighted by Gasteiger charge is -2.01. The lowest BCUT2D eigenvalue weighted by molar-refractivity contribution is 0.809. The van der Waals surface area contributed by atoms with Gasteiger partial charge in [0.1, 0.15) is 0 Å². The number of benzene rings is 1. The van der Waals surface area contributed by atoms with E-state index >= 15 is 0 Å². The molecule has 0 aliphatic rings. The average Bonchev–Trinajstić information content (AvgIpc) is 2.35. The van der Waals surface area contributed by atoms with Crippen LogP contribution in [-0.2, 0) is 0 Å². The second kappa shape index (κ2) is 5.42. The summed E-state index contributed by atoms with van der Waals surface area (Å²) in [6.07, 6.45) is 9.18. The molecule has 16 heavy (non-hydrogen) atoms. The smallest absolute Gasteiger partial charge is 0.0346 e. The van der Waals surface area contributed by atoms with Crippen molar-refractivity contribution in [3.8, 4) is 0 Å². The molecule has 1 heterocycles. The van der Waals surface area contributed by atoms with E-state index in [1.165, 1.54) is 16.3 Å². The largest absolute Gasteiger partial charge is 0.319 e. The maximum absolute atomic E-state index is 4.13. The second-order valence-corrected chi connectivity index (χ2v) is 3.74. The first-order chi connectivity index (χ1) is 7.92. The van der Waals surface area contributed by atoms with Crippen LogP contribution in [0.25, 0.3) is 16.8 Å². The Bertz CT molecular complexity index is 484. The molecule has 2 nitrogen and oxygen atoms in total. The molecule has 82 valence electrons. The molecule has 2 aromatic rings. The van der Waals surface area contributed by atoms with Gasteiger partial charge in [-0.05, 0) is 37.0 Å². The molecule has 0 fully saturated rings. The van der Waals surface area contributed by atoms with Gasteiger partial charge < -0.3 is 5.32 Å². The Balaban J connectivity index is 2.27. The summed E-state index contributed by atoms with van der Waals surface area (Å²) in [4.78, 5) is 4.13. The summed E-state index contributed by atoms with van der Waals surface area (Å²) in [5.41, 5.74) is 1.26. The third-order valence-corrected chi connectivity index (χ3v) is 2.57. The molecular formula is C14H16N2. The summed E-state index contributed by atoms with van der Waals surface area (Å²) in [5.74, 6) is 0. The lowest BCUT2D eigenvalue weighted by atomic mass is 10.1. The first kappa shape index (κ1) is 10.8. The van der Waals surface area contributed by atoms with E-state index in [0.717, 1.165) is 13.0 Å². The predicted octanol–water partition coefficient (Wildman–Crippen LogP) is 2.86. The molecule has 1 aromatic carbocycles. The van der Waals surface area contributed by atoms with Crippen molar-refractivity contribution in [2.75, 3.05) is 13.6 Å². The van der Waals surface area contributed by atoms with Gasteiger partial charge in [-0.25, -0.2) is 0 Å². The molecule has 0 saturated carbocycles. The summed E-state index contributed by atoms with van der Waals surface area (Å²) in [7, 11) is 1.97. The van der Waals surface area contributed by atoms with Gasteiger partial charge in [0, 0.05) is 17.8 Å². The van der Waals surface area contributed by atoms with Crippen molar-refractivity contribution in [3.63, 3.8) is 0 Å². The highest BCUT2D eigenvalue weighted by molar-refractivity contribution is 5.89. The predicted molar refractivity (Wildman–Crippen MR) is 69.3 cm³/mol. The highest BCUT2D eigenvalue weighted by Crippen LogP contribution is 2.18. The lowest BCUT2D eigenvalue weighted by Crippen LogP contribution is -2.05. The van der Waals surface area contributed by atoms with Crippen molar-refractivity contribution in [2.45, 2.75) is 6.42 Å². The van der Waals surface area contributed by atoms with E-state index in [0.29, 0.717) is 0 Å². The molecule has 2 heteroatoms. The highest BCUT2D eigenvalue weighted by atomic mass is 14.8. The Labute approximate surface area is 96.0 Å². The van der Waals surface area contributed by atoms with Gasteiger partial charge in [0.25, 0.3) is 0 Å². The fourth-order valence-corrected chi connectivity index (χ4v) is 1.73. The zero-order valence-electron chi connectivity index (χ0n) is 9.48. The molecule has 0 atom stereocenters. The molecular weight excluding hydrogens is 196 g/mol. The van der Waals surface area contributed by atoms with Crippen molar-refractivity contribution in [3.05, 3.63) is 48.3 Å². The van der Waals surface area contributed by atoms with Crippen LogP contribution in [0.1, 0.15) is 12.0 Å². The van der Waals surface area contributed by atoms with Gasteiger partial charge in [0.05, 0.1) is 0 Å². The monoisotopic (exact) mass is 212 g/mol. The van der Waals surface area contributed by atoms with Gasteiger partial charge >= 0.3 is 0 Å². The zero-order valence-corrected chi connectivity index (χ0v) is 9.48. The van der Waals surface area contributed by atoms with Gasteiger partial charge in [0.15, 0.2) is 0 Å². The first-order valence-electron chi connectivity index (χ1n) is 5.55. The third kappa shape index (κ3) is 2.47. The molecule has 0 bridgehead atoms. The number of hydrogen-bond donors (Lipinski definition) is 1. The minimum atomic E-state index is 1.02. The number of pyridine rings is 1. The SMILES string of the molecule is CNCCC=Cc1cccc2cnccc12. The summed E-state index contributed by atoms with van der Waals surface area (Å²) in [6, 6.07) is 8.36. The van der Waals surface area contributed by atoms with Crippen LogP contribution in [-0.4, -0.2) is 18.6 Å². The van der Waals surface area contributed by atoms with Gasteiger partial charge in [-0.15, -0.1) is 0 Å². The van der Waals surface area contributed by atoms with Gasteiger partial charge in [-0.3, -0.25) is 4.98 Å². The van der Waals surface area contributed by atoms with Crippen molar-refractivity contribution >= 4 is 16.8 Å². The van der Waals surface area contributed by atoms with E-state index < -0.39 is 0 Å². The van der Waals surface area contributed by atoms with Crippen LogP contribution in [0.5, 0.6) is 0 Å². The van der Waals surface area contributed by atoms with Crippen LogP contribution in [0, 0.1) is 0 Å². The van der Waals surface area contributed by atoms with Crippen LogP contribution < -0.4 is 5.32 Å². The van der Waals surface area contributed by atoms with Crippen molar-refractivity contribution < 1.29 is 0 Å². The third-order valence-electron chi connectivity index (χ3n) is 2.57. The maximum atomic E-state index is 4.13. The fraction of sp³-hybridized carbons (Fsp3) is 0.214. The van der Waals surface area contributed by atoms with Crippen LogP contribution in [0.3, 0.4) is 0 Å². The van der Waals surface area contributed by atoms with Crippen molar-refractivity contribution in [1.82, 2.24) is 10.3 Å². The molecule has 0 saturated heterocycles. The number of fused-ring (bicyclic) bond motifs is 1. The van der Waals surface area contributed by atoms with E-state index in [2.05, 4.69) is 46.7 Å². The van der Waals surface area contributed by atoms with Crippen LogP contribution in [0.4, 0.5) is 0 Å². The van der Waals surface area contributed by atoms with Crippen LogP contribution >= 0.6 is 0 Å². The Morgan fingerprint density at radius 2 is 2.25 bits per heavy atom. The zero-order chi connectivity index (χ0) is 11.2. The normalized spacial score (nSPS) is 11.3. The number of hydrogen-bond acceptors (Lipinski definition) is 2. The minimum Gasteiger partial charge on any atom is -0.319 e. The number of nitrogens with zero attached hydrogens (tertiary/aromatic N) is 1. The molecule has 0 amide bonds. The van der Waals surface area contributed by atoms with E-state index in [9.17, 15) is 0 Å². The number of aromatic nitrogens is 1. The quantitative estimate of drug-likeness (QED) is 0.788. The molecule has 0 spiro atoms. The maximum Gasteiger partial charge on any atom is 0.0346 e. The minimum absolute atomic E-state index is 1.02. The molecule has 0 unspecified atom stereocenters. The average molecular weight is 212 g/mol. The fourth-order valence-electron chi connectivity index (χ4n) is 1.73. The number of nitrogens with one attached hydrogen (secondary N) is 1. The highest BCUT2D eigenvalue weighted by Gasteiger charge is 1.95. The van der Waals surface area contributed by atoms with E-state index in [1.807, 2.05) is 19.4 Å². The van der Waals surface area contributed by atoms with Gasteiger partial charge in [-0.2, -0.15) is 0 Å². The van der Waals surface area contributed by atoms with Crippen LogP contribution in [0.2, 0.25) is 0 Å². The standard InChI is InChI=1S/C14H16N2/c1-15-9-3-2-5-12-6-4-7-13-11-16-10-8-14(12)13/h2,4-8,10-11,15H,3,9H2,1H3. The molecule has 2 rings (SSSR count). The summed E-state index contributed by atoms with van der Waals surface area (Å²) in [6.45, 7) is 1.02. The van der Waals surface area contributed by atoms with Crippen molar-refractivity contribution in [2.24, 2.45) is 0 Å². The molecule has 0 aliphatic heterocycles. The van der Waals surface area contributed by atoms with Gasteiger partial charge in [-0.1, -0.05) is 30.4 Å². The topological polar surface area (TPSA) is 24.9 Å². The van der Waals surface area contributed by atoms with E-state index in [-0.39, 0.29) is 0 Å². The second-order valence-electron chi connectivity index (χ2n) is 3.74. The van der Waals surface area contributed by atoms with Gasteiger partial charge in [0.2, 0.25) is 0 Å². The van der Waals surface area contributed by atoms with Crippen molar-refractivity contribution in [1.29, 1.82) is 0 Å².